The van der Waals surface area contributed by atoms with Gasteiger partial charge in [0.15, 0.2) is 9.84 Å². The number of hydrogen-bond donors (Lipinski definition) is 0. The predicted octanol–water partition coefficient (Wildman–Crippen LogP) is 0.979. The van der Waals surface area contributed by atoms with Crippen molar-refractivity contribution in [2.45, 2.75) is 4.90 Å². The van der Waals surface area contributed by atoms with Crippen LogP contribution < -0.4 is 0 Å². The molecular weight excluding hydrogens is 186 g/mol. The Labute approximate surface area is 78.9 Å². The zero-order valence-electron chi connectivity index (χ0n) is 7.77. The molecule has 0 aliphatic heterocycles. The van der Waals surface area contributed by atoms with Gasteiger partial charge < -0.3 is 0 Å². The summed E-state index contributed by atoms with van der Waals surface area (Å²) in [6, 6.07) is 8.47. The third kappa shape index (κ3) is 2.82. The second-order valence-corrected chi connectivity index (χ2v) is 5.10. The molecule has 0 aliphatic rings. The number of hydrogen-bond acceptors (Lipinski definition) is 3. The fourth-order valence-electron chi connectivity index (χ4n) is 1.04. The minimum Gasteiger partial charge on any atom is -0.296 e. The first-order valence-electron chi connectivity index (χ1n) is 3.95. The predicted molar refractivity (Wildman–Crippen MR) is 52.2 cm³/mol. The highest BCUT2D eigenvalue weighted by Crippen LogP contribution is 2.09. The van der Waals surface area contributed by atoms with Crippen LogP contribution in [0.25, 0.3) is 0 Å². The zero-order chi connectivity index (χ0) is 9.90. The van der Waals surface area contributed by atoms with E-state index < -0.39 is 9.84 Å². The molecule has 0 saturated carbocycles. The van der Waals surface area contributed by atoms with Crippen LogP contribution >= 0.6 is 0 Å². The highest BCUT2D eigenvalue weighted by atomic mass is 32.2. The lowest BCUT2D eigenvalue weighted by atomic mass is 10.4. The molecule has 0 heterocycles. The number of nitrogens with zero attached hydrogens (tertiary/aromatic N) is 1. The van der Waals surface area contributed by atoms with Gasteiger partial charge in [-0.1, -0.05) is 18.2 Å². The SMILES string of the molecule is CN(C)CS(=O)(=O)c1ccccc1. The Morgan fingerprint density at radius 1 is 1.15 bits per heavy atom. The van der Waals surface area contributed by atoms with Gasteiger partial charge in [-0.15, -0.1) is 0 Å². The Morgan fingerprint density at radius 3 is 2.15 bits per heavy atom. The van der Waals surface area contributed by atoms with Gasteiger partial charge in [-0.25, -0.2) is 8.42 Å². The smallest absolute Gasteiger partial charge is 0.191 e. The third-order valence-electron chi connectivity index (χ3n) is 1.53. The molecule has 4 heteroatoms. The molecule has 0 aromatic heterocycles. The summed E-state index contributed by atoms with van der Waals surface area (Å²) in [5.41, 5.74) is 0. The highest BCUT2D eigenvalue weighted by molar-refractivity contribution is 7.91. The average molecular weight is 199 g/mol. The van der Waals surface area contributed by atoms with Crippen LogP contribution in [0.3, 0.4) is 0 Å². The summed E-state index contributed by atoms with van der Waals surface area (Å²) in [6.45, 7) is 0. The molecule has 13 heavy (non-hydrogen) atoms. The molecule has 0 atom stereocenters. The first kappa shape index (κ1) is 10.2. The summed E-state index contributed by atoms with van der Waals surface area (Å²) in [7, 11) is 0.340. The van der Waals surface area contributed by atoms with E-state index in [1.54, 1.807) is 49.3 Å². The van der Waals surface area contributed by atoms with Gasteiger partial charge in [0, 0.05) is 0 Å². The van der Waals surface area contributed by atoms with Crippen molar-refractivity contribution < 1.29 is 8.42 Å². The second-order valence-electron chi connectivity index (χ2n) is 3.14. The van der Waals surface area contributed by atoms with E-state index in [2.05, 4.69) is 0 Å². The van der Waals surface area contributed by atoms with Gasteiger partial charge in [0.05, 0.1) is 4.90 Å². The van der Waals surface area contributed by atoms with E-state index in [-0.39, 0.29) is 5.88 Å². The topological polar surface area (TPSA) is 37.4 Å². The van der Waals surface area contributed by atoms with Crippen molar-refractivity contribution in [3.8, 4) is 0 Å². The Hall–Kier alpha value is -0.870. The maximum atomic E-state index is 11.6. The lowest BCUT2D eigenvalue weighted by Crippen LogP contribution is -2.21. The van der Waals surface area contributed by atoms with Crippen LogP contribution in [0.15, 0.2) is 35.2 Å². The van der Waals surface area contributed by atoms with E-state index in [4.69, 9.17) is 0 Å². The Kier molecular flexibility index (Phi) is 3.06. The standard InChI is InChI=1S/C9H13NO2S/c1-10(2)8-13(11,12)9-6-4-3-5-7-9/h3-7H,8H2,1-2H3. The number of sulfone groups is 1. The molecule has 1 aromatic rings. The van der Waals surface area contributed by atoms with Crippen molar-refractivity contribution in [1.29, 1.82) is 0 Å². The van der Waals surface area contributed by atoms with Crippen LogP contribution in [0, 0.1) is 0 Å². The van der Waals surface area contributed by atoms with Crippen LogP contribution in [0.4, 0.5) is 0 Å². The molecule has 1 aromatic carbocycles. The van der Waals surface area contributed by atoms with Gasteiger partial charge in [-0.2, -0.15) is 0 Å². The molecule has 0 aliphatic carbocycles. The normalized spacial score (nSPS) is 11.9. The van der Waals surface area contributed by atoms with Gasteiger partial charge in [-0.05, 0) is 26.2 Å². The molecule has 72 valence electrons. The molecule has 0 saturated heterocycles. The van der Waals surface area contributed by atoms with E-state index in [0.717, 1.165) is 0 Å². The molecule has 0 N–H and O–H groups in total. The van der Waals surface area contributed by atoms with E-state index >= 15 is 0 Å². The van der Waals surface area contributed by atoms with Crippen molar-refractivity contribution in [1.82, 2.24) is 4.90 Å². The summed E-state index contributed by atoms with van der Waals surface area (Å²) < 4.78 is 23.2. The number of rotatable bonds is 3. The second kappa shape index (κ2) is 3.89. The number of benzene rings is 1. The maximum Gasteiger partial charge on any atom is 0.191 e. The van der Waals surface area contributed by atoms with Crippen molar-refractivity contribution in [2.75, 3.05) is 20.0 Å². The molecule has 0 bridgehead atoms. The summed E-state index contributed by atoms with van der Waals surface area (Å²) >= 11 is 0. The Bertz CT molecular complexity index is 356. The first-order valence-corrected chi connectivity index (χ1v) is 5.60. The fourth-order valence-corrected chi connectivity index (χ4v) is 2.44. The molecule has 1 rings (SSSR count). The van der Waals surface area contributed by atoms with Gasteiger partial charge >= 0.3 is 0 Å². The average Bonchev–Trinajstić information content (AvgIpc) is 2.04. The lowest BCUT2D eigenvalue weighted by Gasteiger charge is -2.09. The maximum absolute atomic E-state index is 11.6. The summed E-state index contributed by atoms with van der Waals surface area (Å²) in [5, 5.41) is 0. The van der Waals surface area contributed by atoms with E-state index in [1.165, 1.54) is 0 Å². The molecule has 3 nitrogen and oxygen atoms in total. The fraction of sp³-hybridized carbons (Fsp3) is 0.333. The zero-order valence-corrected chi connectivity index (χ0v) is 8.58. The van der Waals surface area contributed by atoms with Crippen molar-refractivity contribution >= 4 is 9.84 Å². The van der Waals surface area contributed by atoms with Crippen molar-refractivity contribution in [2.24, 2.45) is 0 Å². The quantitative estimate of drug-likeness (QED) is 0.728. The molecule has 0 fully saturated rings. The minimum atomic E-state index is -3.13. The molecule has 0 unspecified atom stereocenters. The van der Waals surface area contributed by atoms with E-state index in [0.29, 0.717) is 4.90 Å². The third-order valence-corrected chi connectivity index (χ3v) is 3.38. The van der Waals surface area contributed by atoms with Crippen molar-refractivity contribution in [3.63, 3.8) is 0 Å². The highest BCUT2D eigenvalue weighted by Gasteiger charge is 2.13. The largest absolute Gasteiger partial charge is 0.296 e. The van der Waals surface area contributed by atoms with Crippen LogP contribution in [-0.4, -0.2) is 33.3 Å². The first-order chi connectivity index (χ1) is 6.02. The van der Waals surface area contributed by atoms with Crippen LogP contribution in [0.2, 0.25) is 0 Å². The minimum absolute atomic E-state index is 0.0526. The van der Waals surface area contributed by atoms with Gasteiger partial charge in [0.1, 0.15) is 5.88 Å². The van der Waals surface area contributed by atoms with Crippen LogP contribution in [0.5, 0.6) is 0 Å². The lowest BCUT2D eigenvalue weighted by molar-refractivity contribution is 0.462. The molecular formula is C9H13NO2S. The monoisotopic (exact) mass is 199 g/mol. The van der Waals surface area contributed by atoms with E-state index in [9.17, 15) is 8.42 Å². The van der Waals surface area contributed by atoms with Gasteiger partial charge in [0.2, 0.25) is 0 Å². The molecule has 0 radical (unpaired) electrons. The Morgan fingerprint density at radius 2 is 1.69 bits per heavy atom. The van der Waals surface area contributed by atoms with Gasteiger partial charge in [-0.3, -0.25) is 4.90 Å². The summed E-state index contributed by atoms with van der Waals surface area (Å²) in [5.74, 6) is 0.0526. The Balaban J connectivity index is 2.96. The van der Waals surface area contributed by atoms with Crippen LogP contribution in [-0.2, 0) is 9.84 Å². The van der Waals surface area contributed by atoms with E-state index in [1.807, 2.05) is 0 Å². The van der Waals surface area contributed by atoms with Gasteiger partial charge in [0.25, 0.3) is 0 Å². The van der Waals surface area contributed by atoms with Crippen molar-refractivity contribution in [3.05, 3.63) is 30.3 Å². The summed E-state index contributed by atoms with van der Waals surface area (Å²) in [4.78, 5) is 2.02. The molecule has 0 amide bonds. The summed E-state index contributed by atoms with van der Waals surface area (Å²) in [6.07, 6.45) is 0. The van der Waals surface area contributed by atoms with Crippen LogP contribution in [0.1, 0.15) is 0 Å². The molecule has 0 spiro atoms.